The summed E-state index contributed by atoms with van der Waals surface area (Å²) in [5.74, 6) is 1.78. The van der Waals surface area contributed by atoms with E-state index < -0.39 is 0 Å². The topological polar surface area (TPSA) is 30.7 Å². The summed E-state index contributed by atoms with van der Waals surface area (Å²) >= 11 is 6.22. The molecule has 1 aromatic heterocycles. The zero-order valence-electron chi connectivity index (χ0n) is 11.2. The molecule has 0 saturated heterocycles. The maximum Gasteiger partial charge on any atom is 0.138 e. The molecule has 0 aliphatic carbocycles. The summed E-state index contributed by atoms with van der Waals surface area (Å²) in [6, 6.07) is 0. The van der Waals surface area contributed by atoms with E-state index in [1.807, 2.05) is 4.68 Å². The number of nitrogens with zero attached hydrogens (tertiary/aromatic N) is 3. The molecule has 0 radical (unpaired) electrons. The van der Waals surface area contributed by atoms with Crippen molar-refractivity contribution in [2.45, 2.75) is 59.4 Å². The van der Waals surface area contributed by atoms with Crippen molar-refractivity contribution >= 4 is 11.6 Å². The van der Waals surface area contributed by atoms with Gasteiger partial charge in [0, 0.05) is 18.8 Å². The van der Waals surface area contributed by atoms with Gasteiger partial charge in [-0.2, -0.15) is 5.10 Å². The fourth-order valence-corrected chi connectivity index (χ4v) is 2.59. The monoisotopic (exact) mass is 257 g/mol. The van der Waals surface area contributed by atoms with Crippen LogP contribution in [-0.2, 0) is 13.0 Å². The van der Waals surface area contributed by atoms with Crippen LogP contribution in [0.15, 0.2) is 6.33 Å². The minimum Gasteiger partial charge on any atom is -0.250 e. The third kappa shape index (κ3) is 3.70. The van der Waals surface area contributed by atoms with Crippen molar-refractivity contribution in [1.29, 1.82) is 0 Å². The molecule has 3 nitrogen and oxygen atoms in total. The van der Waals surface area contributed by atoms with Crippen LogP contribution in [0.1, 0.15) is 52.3 Å². The van der Waals surface area contributed by atoms with Crippen LogP contribution in [0.25, 0.3) is 0 Å². The molecule has 1 heterocycles. The van der Waals surface area contributed by atoms with E-state index in [1.165, 1.54) is 19.3 Å². The Kier molecular flexibility index (Phi) is 5.96. The van der Waals surface area contributed by atoms with Crippen molar-refractivity contribution in [3.63, 3.8) is 0 Å². The molecule has 1 rings (SSSR count). The van der Waals surface area contributed by atoms with Gasteiger partial charge in [0.05, 0.1) is 0 Å². The number of halogens is 1. The highest BCUT2D eigenvalue weighted by atomic mass is 35.5. The second-order valence-corrected chi connectivity index (χ2v) is 5.03. The molecule has 98 valence electrons. The highest BCUT2D eigenvalue weighted by Gasteiger charge is 2.28. The molecule has 0 fully saturated rings. The number of hydrogen-bond donors (Lipinski definition) is 0. The van der Waals surface area contributed by atoms with Gasteiger partial charge in [0.2, 0.25) is 0 Å². The zero-order valence-corrected chi connectivity index (χ0v) is 12.0. The van der Waals surface area contributed by atoms with Gasteiger partial charge in [0.25, 0.3) is 0 Å². The molecule has 0 aliphatic rings. The van der Waals surface area contributed by atoms with Gasteiger partial charge in [-0.15, -0.1) is 11.6 Å². The number of rotatable bonds is 8. The van der Waals surface area contributed by atoms with Crippen LogP contribution < -0.4 is 0 Å². The van der Waals surface area contributed by atoms with E-state index in [4.69, 9.17) is 11.6 Å². The van der Waals surface area contributed by atoms with E-state index in [-0.39, 0.29) is 5.41 Å². The first-order valence-corrected chi connectivity index (χ1v) is 7.17. The highest BCUT2D eigenvalue weighted by Crippen LogP contribution is 2.33. The molecular weight excluding hydrogens is 234 g/mol. The first kappa shape index (κ1) is 14.5. The molecule has 0 spiro atoms. The molecule has 4 heteroatoms. The lowest BCUT2D eigenvalue weighted by Crippen LogP contribution is -2.27. The van der Waals surface area contributed by atoms with Crippen molar-refractivity contribution in [2.75, 3.05) is 5.88 Å². The highest BCUT2D eigenvalue weighted by molar-refractivity contribution is 6.18. The van der Waals surface area contributed by atoms with E-state index in [0.717, 1.165) is 25.2 Å². The smallest absolute Gasteiger partial charge is 0.138 e. The first-order valence-electron chi connectivity index (χ1n) is 6.64. The third-order valence-corrected chi connectivity index (χ3v) is 4.19. The van der Waals surface area contributed by atoms with Gasteiger partial charge in [-0.3, -0.25) is 4.68 Å². The Morgan fingerprint density at radius 3 is 2.65 bits per heavy atom. The molecule has 0 aromatic carbocycles. The Morgan fingerprint density at radius 1 is 1.35 bits per heavy atom. The molecule has 1 unspecified atom stereocenters. The lowest BCUT2D eigenvalue weighted by molar-refractivity contribution is 0.269. The van der Waals surface area contributed by atoms with Crippen LogP contribution in [0.4, 0.5) is 0 Å². The Labute approximate surface area is 110 Å². The SMILES string of the molecule is CCCCC(CC)(CCl)Cc1ncnn1CC. The van der Waals surface area contributed by atoms with Gasteiger partial charge in [-0.05, 0) is 25.2 Å². The van der Waals surface area contributed by atoms with E-state index in [1.54, 1.807) is 6.33 Å². The van der Waals surface area contributed by atoms with Crippen LogP contribution in [0.5, 0.6) is 0 Å². The van der Waals surface area contributed by atoms with Crippen molar-refractivity contribution in [1.82, 2.24) is 14.8 Å². The molecule has 0 saturated carbocycles. The minimum atomic E-state index is 0.192. The van der Waals surface area contributed by atoms with E-state index in [2.05, 4.69) is 30.9 Å². The number of alkyl halides is 1. The maximum absolute atomic E-state index is 6.22. The van der Waals surface area contributed by atoms with E-state index in [9.17, 15) is 0 Å². The predicted octanol–water partition coefficient (Wildman–Crippen LogP) is 3.67. The first-order chi connectivity index (χ1) is 8.21. The minimum absolute atomic E-state index is 0.192. The molecule has 1 atom stereocenters. The van der Waals surface area contributed by atoms with Gasteiger partial charge in [0.15, 0.2) is 0 Å². The molecule has 17 heavy (non-hydrogen) atoms. The van der Waals surface area contributed by atoms with Crippen LogP contribution >= 0.6 is 11.6 Å². The van der Waals surface area contributed by atoms with Gasteiger partial charge in [-0.1, -0.05) is 26.7 Å². The Morgan fingerprint density at radius 2 is 2.12 bits per heavy atom. The van der Waals surface area contributed by atoms with Crippen molar-refractivity contribution in [3.8, 4) is 0 Å². The average molecular weight is 258 g/mol. The summed E-state index contributed by atoms with van der Waals surface area (Å²) < 4.78 is 1.98. The number of aryl methyl sites for hydroxylation is 1. The van der Waals surface area contributed by atoms with Crippen molar-refractivity contribution in [2.24, 2.45) is 5.41 Å². The fourth-order valence-electron chi connectivity index (χ4n) is 2.18. The lowest BCUT2D eigenvalue weighted by Gasteiger charge is -2.30. The third-order valence-electron chi connectivity index (χ3n) is 3.62. The summed E-state index contributed by atoms with van der Waals surface area (Å²) in [6.45, 7) is 7.43. The number of aromatic nitrogens is 3. The maximum atomic E-state index is 6.22. The predicted molar refractivity (Wildman–Crippen MR) is 72.4 cm³/mol. The standard InChI is InChI=1S/C13H24ClN3/c1-4-7-8-13(5-2,10-14)9-12-15-11-16-17(12)6-3/h11H,4-10H2,1-3H3. The van der Waals surface area contributed by atoms with Crippen LogP contribution in [0, 0.1) is 5.41 Å². The summed E-state index contributed by atoms with van der Waals surface area (Å²) in [5.41, 5.74) is 0.192. The van der Waals surface area contributed by atoms with Crippen molar-refractivity contribution in [3.05, 3.63) is 12.2 Å². The summed E-state index contributed by atoms with van der Waals surface area (Å²) in [6.07, 6.45) is 7.33. The van der Waals surface area contributed by atoms with Crippen LogP contribution in [0.3, 0.4) is 0 Å². The van der Waals surface area contributed by atoms with E-state index >= 15 is 0 Å². The van der Waals surface area contributed by atoms with Gasteiger partial charge in [0.1, 0.15) is 12.2 Å². The number of hydrogen-bond acceptors (Lipinski definition) is 2. The van der Waals surface area contributed by atoms with E-state index in [0.29, 0.717) is 5.88 Å². The van der Waals surface area contributed by atoms with Gasteiger partial charge >= 0.3 is 0 Å². The Hall–Kier alpha value is -0.570. The van der Waals surface area contributed by atoms with Crippen LogP contribution in [-0.4, -0.2) is 20.6 Å². The molecular formula is C13H24ClN3. The normalized spacial score (nSPS) is 14.8. The van der Waals surface area contributed by atoms with Crippen LogP contribution in [0.2, 0.25) is 0 Å². The molecule has 0 bridgehead atoms. The van der Waals surface area contributed by atoms with Gasteiger partial charge < -0.3 is 0 Å². The summed E-state index contributed by atoms with van der Waals surface area (Å²) in [7, 11) is 0. The van der Waals surface area contributed by atoms with Gasteiger partial charge in [-0.25, -0.2) is 4.98 Å². The fraction of sp³-hybridized carbons (Fsp3) is 0.846. The molecule has 0 N–H and O–H groups in total. The molecule has 0 amide bonds. The number of unbranched alkanes of at least 4 members (excludes halogenated alkanes) is 1. The largest absolute Gasteiger partial charge is 0.250 e. The second kappa shape index (κ2) is 7.00. The second-order valence-electron chi connectivity index (χ2n) is 4.76. The average Bonchev–Trinajstić information content (AvgIpc) is 2.81. The molecule has 0 aliphatic heterocycles. The Balaban J connectivity index is 2.78. The van der Waals surface area contributed by atoms with Crippen molar-refractivity contribution < 1.29 is 0 Å². The zero-order chi connectivity index (χ0) is 12.7. The lowest BCUT2D eigenvalue weighted by atomic mass is 9.79. The summed E-state index contributed by atoms with van der Waals surface area (Å²) in [4.78, 5) is 4.37. The quantitative estimate of drug-likeness (QED) is 0.666. The summed E-state index contributed by atoms with van der Waals surface area (Å²) in [5, 5.41) is 4.23. The molecule has 1 aromatic rings. The Bertz CT molecular complexity index is 318.